The Balaban J connectivity index is 1.47. The third kappa shape index (κ3) is 4.79. The number of carboxylic acids is 1. The molecule has 4 atom stereocenters. The third-order valence-electron chi connectivity index (χ3n) is 7.32. The minimum absolute atomic E-state index is 0.0696. The van der Waals surface area contributed by atoms with E-state index in [0.29, 0.717) is 19.2 Å². The number of halogens is 3. The fourth-order valence-electron chi connectivity index (χ4n) is 5.56. The Hall–Kier alpha value is -4.09. The highest BCUT2D eigenvalue weighted by Crippen LogP contribution is 2.55. The molecule has 1 saturated carbocycles. The van der Waals surface area contributed by atoms with Gasteiger partial charge in [0.15, 0.2) is 17.3 Å². The van der Waals surface area contributed by atoms with Gasteiger partial charge in [0.05, 0.1) is 11.1 Å². The van der Waals surface area contributed by atoms with Gasteiger partial charge in [-0.3, -0.25) is 9.36 Å². The van der Waals surface area contributed by atoms with E-state index < -0.39 is 46.1 Å². The van der Waals surface area contributed by atoms with Crippen LogP contribution in [0.15, 0.2) is 35.3 Å². The van der Waals surface area contributed by atoms with Crippen LogP contribution >= 0.6 is 0 Å². The van der Waals surface area contributed by atoms with E-state index in [-0.39, 0.29) is 46.3 Å². The normalized spacial score (nSPS) is 22.1. The van der Waals surface area contributed by atoms with E-state index in [0.717, 1.165) is 29.0 Å². The van der Waals surface area contributed by atoms with Crippen LogP contribution in [-0.4, -0.2) is 51.5 Å². The number of benzene rings is 1. The van der Waals surface area contributed by atoms with Gasteiger partial charge in [0.25, 0.3) is 0 Å². The molecule has 1 saturated heterocycles. The van der Waals surface area contributed by atoms with Crippen LogP contribution in [0, 0.1) is 35.2 Å². The van der Waals surface area contributed by atoms with Crippen molar-refractivity contribution in [3.05, 3.63) is 63.7 Å². The molecule has 3 heterocycles. The van der Waals surface area contributed by atoms with Crippen LogP contribution < -0.4 is 15.6 Å². The van der Waals surface area contributed by atoms with Crippen LogP contribution in [0.4, 0.5) is 23.8 Å². The van der Waals surface area contributed by atoms with Gasteiger partial charge in [0.2, 0.25) is 5.43 Å². The van der Waals surface area contributed by atoms with Gasteiger partial charge in [-0.15, -0.1) is 0 Å². The molecule has 5 rings (SSSR count). The molecule has 2 N–H and O–H groups in total. The second-order valence-electron chi connectivity index (χ2n) is 11.0. The lowest BCUT2D eigenvalue weighted by Crippen LogP contribution is -2.38. The van der Waals surface area contributed by atoms with Crippen LogP contribution in [0.3, 0.4) is 0 Å². The minimum atomic E-state index is -1.58. The Kier molecular flexibility index (Phi) is 6.31. The Bertz CT molecular complexity index is 1570. The summed E-state index contributed by atoms with van der Waals surface area (Å²) in [6, 6.07) is 3.42. The van der Waals surface area contributed by atoms with Crippen LogP contribution in [-0.2, 0) is 4.74 Å². The monoisotopic (exact) mass is 544 g/mol. The fraction of sp³-hybridized carbons (Fsp3) is 0.407. The van der Waals surface area contributed by atoms with E-state index in [1.165, 1.54) is 0 Å². The first-order valence-corrected chi connectivity index (χ1v) is 12.4. The summed E-state index contributed by atoms with van der Waals surface area (Å²) in [5.41, 5.74) is -2.71. The highest BCUT2D eigenvalue weighted by atomic mass is 19.1. The average molecular weight is 545 g/mol. The van der Waals surface area contributed by atoms with E-state index in [1.807, 2.05) is 6.92 Å². The number of nitrogens with zero attached hydrogens (tertiary/aromatic N) is 3. The predicted octanol–water partition coefficient (Wildman–Crippen LogP) is 4.10. The summed E-state index contributed by atoms with van der Waals surface area (Å²) < 4.78 is 50.0. The minimum Gasteiger partial charge on any atom is -0.477 e. The van der Waals surface area contributed by atoms with Gasteiger partial charge in [0, 0.05) is 31.4 Å². The maximum absolute atomic E-state index is 15.4. The van der Waals surface area contributed by atoms with Gasteiger partial charge in [0.1, 0.15) is 22.8 Å². The Morgan fingerprint density at radius 2 is 1.90 bits per heavy atom. The number of ether oxygens (including phenoxy) is 1. The molecule has 2 aliphatic rings. The van der Waals surface area contributed by atoms with Crippen LogP contribution in [0.5, 0.6) is 0 Å². The van der Waals surface area contributed by atoms with E-state index >= 15 is 4.39 Å². The van der Waals surface area contributed by atoms with Crippen molar-refractivity contribution >= 4 is 28.9 Å². The zero-order valence-electron chi connectivity index (χ0n) is 21.7. The van der Waals surface area contributed by atoms with E-state index in [4.69, 9.17) is 4.74 Å². The standard InChI is InChI=1S/C27H27F3N4O5/c1-12-21-15(9-31-26(38)39-27(2,3)4)16(21)10-33(12)24-19(30)8-14-22(35)17(25(36)37)11-34(23(14)32-24)20-6-5-13(28)7-18(20)29/h5-8,11-12,15-16,21H,9-10H2,1-4H3,(H,31,38)(H,36,37)/t12-,15+,16+,21-/m0/s1. The SMILES string of the molecule is C[C@H]1[C@H]2[C@H](CNC(=O)OC(C)(C)C)[C@H]2CN1c1nc2c(cc1F)c(=O)c(C(=O)O)cn2-c1ccc(F)cc1F. The van der Waals surface area contributed by atoms with Crippen molar-refractivity contribution in [2.24, 2.45) is 17.8 Å². The summed E-state index contributed by atoms with van der Waals surface area (Å²) >= 11 is 0. The molecule has 9 nitrogen and oxygen atoms in total. The Labute approximate surface area is 221 Å². The van der Waals surface area contributed by atoms with Gasteiger partial charge in [-0.25, -0.2) is 27.7 Å². The molecule has 3 aromatic rings. The molecule has 1 amide bonds. The largest absolute Gasteiger partial charge is 0.477 e. The first kappa shape index (κ1) is 26.5. The van der Waals surface area contributed by atoms with Crippen molar-refractivity contribution in [2.75, 3.05) is 18.0 Å². The van der Waals surface area contributed by atoms with Crippen molar-refractivity contribution < 1.29 is 32.6 Å². The molecular formula is C27H27F3N4O5. The van der Waals surface area contributed by atoms with Crippen molar-refractivity contribution in [1.82, 2.24) is 14.9 Å². The number of aromatic nitrogens is 2. The topological polar surface area (TPSA) is 114 Å². The number of hydrogen-bond donors (Lipinski definition) is 2. The lowest BCUT2D eigenvalue weighted by atomic mass is 10.1. The number of hydrogen-bond acceptors (Lipinski definition) is 6. The number of amides is 1. The van der Waals surface area contributed by atoms with Crippen LogP contribution in [0.2, 0.25) is 0 Å². The second-order valence-corrected chi connectivity index (χ2v) is 11.0. The average Bonchev–Trinajstić information content (AvgIpc) is 3.41. The lowest BCUT2D eigenvalue weighted by molar-refractivity contribution is 0.0522. The lowest BCUT2D eigenvalue weighted by Gasteiger charge is -2.28. The van der Waals surface area contributed by atoms with Gasteiger partial charge in [-0.1, -0.05) is 0 Å². The molecule has 2 fully saturated rings. The zero-order valence-corrected chi connectivity index (χ0v) is 21.7. The number of piperidine rings is 1. The summed E-state index contributed by atoms with van der Waals surface area (Å²) in [6.07, 6.45) is 0.396. The Morgan fingerprint density at radius 3 is 2.49 bits per heavy atom. The molecule has 1 aliphatic carbocycles. The number of alkyl carbamates (subject to hydrolysis) is 1. The number of aromatic carboxylic acids is 1. The molecule has 2 aromatic heterocycles. The number of carbonyl (C=O) groups is 2. The van der Waals surface area contributed by atoms with Crippen molar-refractivity contribution in [1.29, 1.82) is 0 Å². The van der Waals surface area contributed by atoms with Crippen LogP contribution in [0.25, 0.3) is 16.7 Å². The van der Waals surface area contributed by atoms with E-state index in [1.54, 1.807) is 25.7 Å². The number of carboxylic acid groups (broad SMARTS) is 1. The fourth-order valence-corrected chi connectivity index (χ4v) is 5.56. The van der Waals surface area contributed by atoms with Crippen molar-refractivity contribution in [3.8, 4) is 5.69 Å². The van der Waals surface area contributed by atoms with E-state index in [9.17, 15) is 28.3 Å². The third-order valence-corrected chi connectivity index (χ3v) is 7.32. The Morgan fingerprint density at radius 1 is 1.18 bits per heavy atom. The highest BCUT2D eigenvalue weighted by Gasteiger charge is 2.60. The van der Waals surface area contributed by atoms with Gasteiger partial charge >= 0.3 is 12.1 Å². The second kappa shape index (κ2) is 9.28. The summed E-state index contributed by atoms with van der Waals surface area (Å²) in [5, 5.41) is 11.9. The molecule has 12 heteroatoms. The summed E-state index contributed by atoms with van der Waals surface area (Å²) in [5.74, 6) is -3.84. The maximum Gasteiger partial charge on any atom is 0.407 e. The number of anilines is 1. The first-order chi connectivity index (χ1) is 18.3. The summed E-state index contributed by atoms with van der Waals surface area (Å²) in [4.78, 5) is 42.7. The molecule has 0 spiro atoms. The number of pyridine rings is 2. The summed E-state index contributed by atoms with van der Waals surface area (Å²) in [6.45, 7) is 8.08. The molecule has 1 aromatic carbocycles. The maximum atomic E-state index is 15.4. The van der Waals surface area contributed by atoms with Gasteiger partial charge in [-0.05, 0) is 63.6 Å². The highest BCUT2D eigenvalue weighted by molar-refractivity contribution is 5.92. The number of rotatable bonds is 5. The molecule has 39 heavy (non-hydrogen) atoms. The van der Waals surface area contributed by atoms with E-state index in [2.05, 4.69) is 10.3 Å². The van der Waals surface area contributed by atoms with Crippen molar-refractivity contribution in [3.63, 3.8) is 0 Å². The molecule has 0 radical (unpaired) electrons. The quantitative estimate of drug-likeness (QED) is 0.497. The number of carbonyl (C=O) groups excluding carboxylic acids is 1. The predicted molar refractivity (Wildman–Crippen MR) is 136 cm³/mol. The van der Waals surface area contributed by atoms with Gasteiger partial charge in [-0.2, -0.15) is 0 Å². The number of nitrogens with one attached hydrogen (secondary N) is 1. The first-order valence-electron chi connectivity index (χ1n) is 12.4. The molecule has 206 valence electrons. The molecule has 0 bridgehead atoms. The smallest absolute Gasteiger partial charge is 0.407 e. The molecule has 1 aliphatic heterocycles. The number of fused-ring (bicyclic) bond motifs is 2. The summed E-state index contributed by atoms with van der Waals surface area (Å²) in [7, 11) is 0. The van der Waals surface area contributed by atoms with Crippen LogP contribution in [0.1, 0.15) is 38.1 Å². The zero-order chi connectivity index (χ0) is 28.4. The molecule has 0 unspecified atom stereocenters. The van der Waals surface area contributed by atoms with Gasteiger partial charge < -0.3 is 20.1 Å². The van der Waals surface area contributed by atoms with Crippen molar-refractivity contribution in [2.45, 2.75) is 39.3 Å². The molecular weight excluding hydrogens is 517 g/mol.